The zero-order valence-electron chi connectivity index (χ0n) is 29.8. The van der Waals surface area contributed by atoms with Gasteiger partial charge in [-0.25, -0.2) is 9.59 Å². The van der Waals surface area contributed by atoms with E-state index in [1.54, 1.807) is 0 Å². The normalized spacial score (nSPS) is 44.4. The lowest BCUT2D eigenvalue weighted by Crippen LogP contribution is -2.70. The van der Waals surface area contributed by atoms with Crippen LogP contribution in [0.15, 0.2) is 0 Å². The number of hydrogen-bond acceptors (Lipinski definition) is 22. The van der Waals surface area contributed by atoms with Crippen molar-refractivity contribution in [1.29, 1.82) is 0 Å². The van der Waals surface area contributed by atoms with Crippen LogP contribution in [-0.2, 0) is 57.1 Å². The number of nitrogens with two attached hydrogens (primary N) is 1. The van der Waals surface area contributed by atoms with E-state index < -0.39 is 160 Å². The molecule has 4 aliphatic rings. The van der Waals surface area contributed by atoms with Crippen LogP contribution in [0.1, 0.15) is 13.8 Å². The summed E-state index contributed by atoms with van der Waals surface area (Å²) in [7, 11) is 0. The summed E-state index contributed by atoms with van der Waals surface area (Å²) in [5.41, 5.74) is 5.37. The number of nitrogens with one attached hydrogen (secondary N) is 2. The number of aliphatic hydroxyl groups is 9. The maximum absolute atomic E-state index is 12.4. The van der Waals surface area contributed by atoms with Crippen molar-refractivity contribution in [2.75, 3.05) is 26.4 Å². The van der Waals surface area contributed by atoms with E-state index in [-0.39, 0.29) is 13.2 Å². The van der Waals surface area contributed by atoms with Crippen molar-refractivity contribution in [1.82, 2.24) is 10.6 Å². The molecular weight excluding hydrogens is 770 g/mol. The summed E-state index contributed by atoms with van der Waals surface area (Å²) in [5.74, 6) is -5.12. The number of carboxylic acid groups (broad SMARTS) is 2. The molecule has 20 atom stereocenters. The molecule has 0 aromatic rings. The molecule has 15 N–H and O–H groups in total. The number of carboxylic acids is 2. The van der Waals surface area contributed by atoms with E-state index >= 15 is 0 Å². The molecule has 4 rings (SSSR count). The first-order valence-corrected chi connectivity index (χ1v) is 17.2. The number of aliphatic hydroxyl groups excluding tert-OH is 9. The first-order chi connectivity index (χ1) is 26.4. The van der Waals surface area contributed by atoms with E-state index in [2.05, 4.69) is 10.6 Å². The number of hydrogen-bond donors (Lipinski definition) is 14. The van der Waals surface area contributed by atoms with Crippen LogP contribution >= 0.6 is 0 Å². The third-order valence-electron chi connectivity index (χ3n) is 9.32. The summed E-state index contributed by atoms with van der Waals surface area (Å²) in [6, 6.07) is -3.35. The molecule has 2 amide bonds. The summed E-state index contributed by atoms with van der Waals surface area (Å²) in [5, 5.41) is 120. The summed E-state index contributed by atoms with van der Waals surface area (Å²) >= 11 is 0. The summed E-state index contributed by atoms with van der Waals surface area (Å²) in [6.07, 6.45) is -35.2. The molecule has 0 spiro atoms. The van der Waals surface area contributed by atoms with Crippen molar-refractivity contribution in [2.24, 2.45) is 5.73 Å². The summed E-state index contributed by atoms with van der Waals surface area (Å²) < 4.78 is 43.9. The van der Waals surface area contributed by atoms with Gasteiger partial charge < -0.3 is 110 Å². The smallest absolute Gasteiger partial charge is 0.335 e. The molecule has 0 aromatic carbocycles. The molecule has 0 aromatic heterocycles. The molecule has 0 saturated carbocycles. The highest BCUT2D eigenvalue weighted by atomic mass is 16.8. The van der Waals surface area contributed by atoms with Crippen LogP contribution < -0.4 is 16.4 Å². The van der Waals surface area contributed by atoms with E-state index in [4.69, 9.17) is 43.6 Å². The number of ether oxygens (including phenoxy) is 8. The van der Waals surface area contributed by atoms with Gasteiger partial charge in [-0.3, -0.25) is 9.59 Å². The largest absolute Gasteiger partial charge is 0.479 e. The van der Waals surface area contributed by atoms with Crippen molar-refractivity contribution >= 4 is 23.8 Å². The Morgan fingerprint density at radius 2 is 0.982 bits per heavy atom. The van der Waals surface area contributed by atoms with E-state index in [1.807, 2.05) is 0 Å². The average molecular weight is 820 g/mol. The molecule has 0 aliphatic carbocycles. The van der Waals surface area contributed by atoms with Gasteiger partial charge in [0.15, 0.2) is 37.4 Å². The molecular formula is C30H49N3O23. The minimum Gasteiger partial charge on any atom is -0.479 e. The van der Waals surface area contributed by atoms with E-state index in [9.17, 15) is 75.3 Å². The second-order valence-corrected chi connectivity index (χ2v) is 13.3. The van der Waals surface area contributed by atoms with Gasteiger partial charge in [0, 0.05) is 20.4 Å². The van der Waals surface area contributed by atoms with Gasteiger partial charge in [-0.15, -0.1) is 0 Å². The predicted molar refractivity (Wildman–Crippen MR) is 171 cm³/mol. The Morgan fingerprint density at radius 3 is 1.43 bits per heavy atom. The van der Waals surface area contributed by atoms with Crippen LogP contribution in [0.25, 0.3) is 0 Å². The SMILES string of the molecule is CC(=O)NC1C(OC2C(C(=O)O)OC(OC3C(CO)OC(OC4C(C(=O)O)OC(OCCN)C(O)C4O)C(NC(C)=O)C3O)C(O)C2O)OC(CO)C(O)C1O. The van der Waals surface area contributed by atoms with Crippen molar-refractivity contribution in [3.05, 3.63) is 0 Å². The van der Waals surface area contributed by atoms with Gasteiger partial charge in [-0.1, -0.05) is 0 Å². The number of amides is 2. The average Bonchev–Trinajstić information content (AvgIpc) is 3.13. The predicted octanol–water partition coefficient (Wildman–Crippen LogP) is -9.29. The Labute approximate surface area is 316 Å². The molecule has 26 nitrogen and oxygen atoms in total. The summed E-state index contributed by atoms with van der Waals surface area (Å²) in [6.45, 7) is -0.130. The lowest BCUT2D eigenvalue weighted by atomic mass is 9.94. The van der Waals surface area contributed by atoms with E-state index in [1.165, 1.54) is 0 Å². The molecule has 26 heteroatoms. The highest BCUT2D eigenvalue weighted by Gasteiger charge is 2.57. The van der Waals surface area contributed by atoms with Crippen molar-refractivity contribution in [3.8, 4) is 0 Å². The fourth-order valence-electron chi connectivity index (χ4n) is 6.60. The molecule has 322 valence electrons. The molecule has 4 heterocycles. The molecule has 4 fully saturated rings. The van der Waals surface area contributed by atoms with Gasteiger partial charge in [0.25, 0.3) is 0 Å². The quantitative estimate of drug-likeness (QED) is 0.0729. The second kappa shape index (κ2) is 19.7. The fourth-order valence-corrected chi connectivity index (χ4v) is 6.60. The van der Waals surface area contributed by atoms with Gasteiger partial charge in [-0.05, 0) is 0 Å². The van der Waals surface area contributed by atoms with Crippen molar-refractivity contribution in [2.45, 2.75) is 137 Å². The molecule has 20 unspecified atom stereocenters. The molecule has 0 bridgehead atoms. The minimum absolute atomic E-state index is 0.0517. The summed E-state index contributed by atoms with van der Waals surface area (Å²) in [4.78, 5) is 48.6. The van der Waals surface area contributed by atoms with Crippen LogP contribution in [0.5, 0.6) is 0 Å². The fraction of sp³-hybridized carbons (Fsp3) is 0.867. The Hall–Kier alpha value is -2.84. The lowest BCUT2D eigenvalue weighted by Gasteiger charge is -2.49. The zero-order chi connectivity index (χ0) is 41.8. The maximum atomic E-state index is 12.4. The van der Waals surface area contributed by atoms with Gasteiger partial charge in [0.05, 0.1) is 19.8 Å². The Bertz CT molecular complexity index is 1350. The molecule has 4 saturated heterocycles. The van der Waals surface area contributed by atoms with Gasteiger partial charge in [-0.2, -0.15) is 0 Å². The first kappa shape index (κ1) is 45.9. The van der Waals surface area contributed by atoms with Crippen molar-refractivity contribution < 1.29 is 113 Å². The second-order valence-electron chi connectivity index (χ2n) is 13.3. The van der Waals surface area contributed by atoms with E-state index in [0.717, 1.165) is 13.8 Å². The van der Waals surface area contributed by atoms with E-state index in [0.29, 0.717) is 0 Å². The zero-order valence-corrected chi connectivity index (χ0v) is 29.8. The number of rotatable bonds is 15. The monoisotopic (exact) mass is 819 g/mol. The third kappa shape index (κ3) is 10.1. The van der Waals surface area contributed by atoms with Gasteiger partial charge >= 0.3 is 11.9 Å². The Kier molecular flexibility index (Phi) is 16.2. The highest BCUT2D eigenvalue weighted by molar-refractivity contribution is 5.74. The maximum Gasteiger partial charge on any atom is 0.335 e. The standard InChI is InChI=1S/C30H49N3O23/c1-7(36)32-11-14(39)13(38)9(5-34)50-27(11)53-22-17(42)19(44)30(56-24(22)26(47)48)52-20-10(6-35)51-28(12(15(20)40)33-8(2)37)54-21-16(41)18(43)29(49-4-3-31)55-23(21)25(45)46/h9-24,27-30,34-35,38-44H,3-6,31H2,1-2H3,(H,32,36)(H,33,37)(H,45,46)(H,47,48). The third-order valence-corrected chi connectivity index (χ3v) is 9.32. The van der Waals surface area contributed by atoms with Crippen LogP contribution in [0.4, 0.5) is 0 Å². The number of carbonyl (C=O) groups excluding carboxylic acids is 2. The molecule has 0 radical (unpaired) electrons. The molecule has 56 heavy (non-hydrogen) atoms. The van der Waals surface area contributed by atoms with Gasteiger partial charge in [0.2, 0.25) is 11.8 Å². The Morgan fingerprint density at radius 1 is 0.554 bits per heavy atom. The van der Waals surface area contributed by atoms with Crippen LogP contribution in [0.2, 0.25) is 0 Å². The lowest BCUT2D eigenvalue weighted by molar-refractivity contribution is -0.371. The molecule has 4 aliphatic heterocycles. The Balaban J connectivity index is 1.56. The van der Waals surface area contributed by atoms with Crippen LogP contribution in [-0.4, -0.2) is 229 Å². The number of aliphatic carboxylic acids is 2. The minimum atomic E-state index is -2.26. The topological polar surface area (TPSA) is 415 Å². The number of carbonyl (C=O) groups is 4. The highest BCUT2D eigenvalue weighted by Crippen LogP contribution is 2.34. The first-order valence-electron chi connectivity index (χ1n) is 17.2. The van der Waals surface area contributed by atoms with Crippen molar-refractivity contribution in [3.63, 3.8) is 0 Å². The van der Waals surface area contributed by atoms with Crippen LogP contribution in [0, 0.1) is 0 Å². The van der Waals surface area contributed by atoms with Crippen LogP contribution in [0.3, 0.4) is 0 Å². The van der Waals surface area contributed by atoms with Gasteiger partial charge in [0.1, 0.15) is 85.3 Å².